The summed E-state index contributed by atoms with van der Waals surface area (Å²) in [5.74, 6) is -3.03. The first kappa shape index (κ1) is 36.7. The molecule has 2 atom stereocenters. The van der Waals surface area contributed by atoms with Crippen LogP contribution in [0.25, 0.3) is 0 Å². The van der Waals surface area contributed by atoms with E-state index in [1.165, 1.54) is 19.3 Å². The third-order valence-corrected chi connectivity index (χ3v) is 7.48. The number of hydrogen-bond acceptors (Lipinski definition) is 8. The van der Waals surface area contributed by atoms with Crippen LogP contribution in [0.2, 0.25) is 0 Å². The second-order valence-corrected chi connectivity index (χ2v) is 14.4. The molecule has 0 amide bonds. The molecule has 0 aromatic carbocycles. The van der Waals surface area contributed by atoms with Crippen LogP contribution in [0.15, 0.2) is 12.2 Å². The lowest BCUT2D eigenvalue weighted by Crippen LogP contribution is -2.61. The number of esters is 2. The summed E-state index contributed by atoms with van der Waals surface area (Å²) in [4.78, 5) is 26.8. The Bertz CT molecular complexity index is 860. The molecule has 0 bridgehead atoms. The number of carbonyl (C=O) groups excluding carboxylic acids is 2. The highest BCUT2D eigenvalue weighted by Crippen LogP contribution is 2.41. The van der Waals surface area contributed by atoms with Crippen LogP contribution in [-0.2, 0) is 38.0 Å². The van der Waals surface area contributed by atoms with Crippen molar-refractivity contribution in [2.75, 3.05) is 19.8 Å². The minimum atomic E-state index is -1.55. The zero-order chi connectivity index (χ0) is 31.5. The van der Waals surface area contributed by atoms with E-state index >= 15 is 0 Å². The van der Waals surface area contributed by atoms with Gasteiger partial charge < -0.3 is 28.4 Å². The zero-order valence-electron chi connectivity index (χ0n) is 28.1. The summed E-state index contributed by atoms with van der Waals surface area (Å²) in [6, 6.07) is 0. The number of unbranched alkanes of at least 4 members (excludes halogenated alkanes) is 7. The topological polar surface area (TPSA) is 89.5 Å². The van der Waals surface area contributed by atoms with Crippen molar-refractivity contribution in [3.63, 3.8) is 0 Å². The van der Waals surface area contributed by atoms with Gasteiger partial charge in [-0.1, -0.05) is 51.2 Å². The van der Waals surface area contributed by atoms with Crippen molar-refractivity contribution in [3.05, 3.63) is 12.2 Å². The first-order chi connectivity index (χ1) is 19.5. The van der Waals surface area contributed by atoms with E-state index in [0.717, 1.165) is 51.4 Å². The highest BCUT2D eigenvalue weighted by Gasteiger charge is 2.57. The van der Waals surface area contributed by atoms with Gasteiger partial charge >= 0.3 is 11.9 Å². The van der Waals surface area contributed by atoms with Crippen LogP contribution in [0.3, 0.4) is 0 Å². The van der Waals surface area contributed by atoms with Crippen molar-refractivity contribution in [3.8, 4) is 0 Å². The van der Waals surface area contributed by atoms with Crippen molar-refractivity contribution in [1.29, 1.82) is 0 Å². The summed E-state index contributed by atoms with van der Waals surface area (Å²) < 4.78 is 35.8. The second kappa shape index (κ2) is 16.0. The standard InChI is InChI=1S/C34H60O8/c1-10-11-12-18-21-33(37-23-24-38-33)22-19-16-14-13-15-17-20-27-26-39-32(8,9)42-34(27,29(36)41-31(5,6)7)25-28(35)40-30(2,3)4/h17,20,27H,10-16,18-19,21-26H2,1-9H3/b20-17+/t27-,34+/m1/s1. The first-order valence-corrected chi connectivity index (χ1v) is 16.3. The van der Waals surface area contributed by atoms with E-state index in [1.54, 1.807) is 55.4 Å². The predicted molar refractivity (Wildman–Crippen MR) is 164 cm³/mol. The number of allylic oxidation sites excluding steroid dienone is 1. The van der Waals surface area contributed by atoms with Gasteiger partial charge in [0.15, 0.2) is 17.2 Å². The lowest BCUT2D eigenvalue weighted by molar-refractivity contribution is -0.323. The predicted octanol–water partition coefficient (Wildman–Crippen LogP) is 7.81. The molecule has 2 saturated heterocycles. The fourth-order valence-electron chi connectivity index (χ4n) is 5.57. The van der Waals surface area contributed by atoms with Crippen LogP contribution >= 0.6 is 0 Å². The van der Waals surface area contributed by atoms with Crippen LogP contribution in [0, 0.1) is 5.92 Å². The van der Waals surface area contributed by atoms with Gasteiger partial charge in [0.2, 0.25) is 0 Å². The fraction of sp³-hybridized carbons (Fsp3) is 0.882. The maximum atomic E-state index is 13.7. The van der Waals surface area contributed by atoms with Crippen molar-refractivity contribution >= 4 is 11.9 Å². The summed E-state index contributed by atoms with van der Waals surface area (Å²) in [7, 11) is 0. The van der Waals surface area contributed by atoms with Crippen molar-refractivity contribution in [2.45, 2.75) is 168 Å². The molecule has 2 fully saturated rings. The zero-order valence-corrected chi connectivity index (χ0v) is 28.1. The maximum Gasteiger partial charge on any atom is 0.340 e. The van der Waals surface area contributed by atoms with Gasteiger partial charge in [0.25, 0.3) is 0 Å². The van der Waals surface area contributed by atoms with Crippen LogP contribution in [0.1, 0.15) is 139 Å². The van der Waals surface area contributed by atoms with E-state index in [9.17, 15) is 9.59 Å². The Labute approximate surface area is 255 Å². The summed E-state index contributed by atoms with van der Waals surface area (Å²) in [6.07, 6.45) is 15.7. The summed E-state index contributed by atoms with van der Waals surface area (Å²) in [6.45, 7) is 18.2. The Morgan fingerprint density at radius 2 is 1.38 bits per heavy atom. The quantitative estimate of drug-likeness (QED) is 0.101. The lowest BCUT2D eigenvalue weighted by atomic mass is 9.82. The highest BCUT2D eigenvalue weighted by molar-refractivity contribution is 5.87. The molecule has 0 aliphatic carbocycles. The van der Waals surface area contributed by atoms with Crippen molar-refractivity contribution in [1.82, 2.24) is 0 Å². The maximum absolute atomic E-state index is 13.7. The van der Waals surface area contributed by atoms with Gasteiger partial charge in [-0.3, -0.25) is 4.79 Å². The molecule has 2 aliphatic heterocycles. The molecule has 42 heavy (non-hydrogen) atoms. The average Bonchev–Trinajstić information content (AvgIpc) is 3.31. The Balaban J connectivity index is 1.99. The summed E-state index contributed by atoms with van der Waals surface area (Å²) in [5, 5.41) is 0. The Morgan fingerprint density at radius 1 is 0.810 bits per heavy atom. The largest absolute Gasteiger partial charge is 0.460 e. The van der Waals surface area contributed by atoms with E-state index in [4.69, 9.17) is 28.4 Å². The molecule has 0 N–H and O–H groups in total. The molecule has 244 valence electrons. The van der Waals surface area contributed by atoms with E-state index in [-0.39, 0.29) is 18.8 Å². The number of hydrogen-bond donors (Lipinski definition) is 0. The third-order valence-electron chi connectivity index (χ3n) is 7.48. The molecular weight excluding hydrogens is 536 g/mol. The van der Waals surface area contributed by atoms with Gasteiger partial charge in [-0.05, 0) is 81.1 Å². The third kappa shape index (κ3) is 12.6. The van der Waals surface area contributed by atoms with Gasteiger partial charge in [-0.25, -0.2) is 4.79 Å². The Kier molecular flexibility index (Phi) is 14.0. The minimum absolute atomic E-state index is 0.228. The van der Waals surface area contributed by atoms with Crippen LogP contribution in [-0.4, -0.2) is 60.1 Å². The average molecular weight is 597 g/mol. The number of carbonyl (C=O) groups is 2. The van der Waals surface area contributed by atoms with Gasteiger partial charge in [-0.2, -0.15) is 0 Å². The monoisotopic (exact) mass is 596 g/mol. The smallest absolute Gasteiger partial charge is 0.340 e. The molecule has 0 aromatic rings. The van der Waals surface area contributed by atoms with E-state index < -0.39 is 40.4 Å². The van der Waals surface area contributed by atoms with Crippen LogP contribution in [0.4, 0.5) is 0 Å². The second-order valence-electron chi connectivity index (χ2n) is 14.4. The molecule has 8 heteroatoms. The van der Waals surface area contributed by atoms with Crippen molar-refractivity contribution in [2.24, 2.45) is 5.92 Å². The van der Waals surface area contributed by atoms with Gasteiger partial charge in [0.1, 0.15) is 11.2 Å². The number of ether oxygens (including phenoxy) is 6. The molecule has 8 nitrogen and oxygen atoms in total. The van der Waals surface area contributed by atoms with Crippen LogP contribution in [0.5, 0.6) is 0 Å². The molecular formula is C34H60O8. The highest BCUT2D eigenvalue weighted by atomic mass is 16.7. The fourth-order valence-corrected chi connectivity index (χ4v) is 5.57. The van der Waals surface area contributed by atoms with Gasteiger partial charge in [0.05, 0.1) is 26.2 Å². The van der Waals surface area contributed by atoms with E-state index in [2.05, 4.69) is 13.0 Å². The molecule has 0 radical (unpaired) electrons. The number of rotatable bonds is 16. The van der Waals surface area contributed by atoms with Gasteiger partial charge in [-0.15, -0.1) is 0 Å². The summed E-state index contributed by atoms with van der Waals surface area (Å²) >= 11 is 0. The normalized spacial score (nSPS) is 24.2. The van der Waals surface area contributed by atoms with Gasteiger partial charge in [0, 0.05) is 18.8 Å². The van der Waals surface area contributed by atoms with Crippen molar-refractivity contribution < 1.29 is 38.0 Å². The molecule has 2 rings (SSSR count). The molecule has 0 spiro atoms. The molecule has 2 heterocycles. The van der Waals surface area contributed by atoms with E-state index in [1.807, 2.05) is 6.08 Å². The Hall–Kier alpha value is -1.48. The molecule has 0 saturated carbocycles. The van der Waals surface area contributed by atoms with E-state index in [0.29, 0.717) is 13.2 Å². The molecule has 0 unspecified atom stereocenters. The molecule has 2 aliphatic rings. The van der Waals surface area contributed by atoms with Crippen LogP contribution < -0.4 is 0 Å². The minimum Gasteiger partial charge on any atom is -0.460 e. The molecule has 0 aromatic heterocycles. The Morgan fingerprint density at radius 3 is 1.95 bits per heavy atom. The lowest BCUT2D eigenvalue weighted by Gasteiger charge is -2.47. The SMILES string of the molecule is CCCCCCC1(CCCCCC/C=C/[C@@H]2COC(C)(C)O[C@]2(CC(=O)OC(C)(C)C)C(=O)OC(C)(C)C)OCCO1. The first-order valence-electron chi connectivity index (χ1n) is 16.3. The summed E-state index contributed by atoms with van der Waals surface area (Å²) in [5.41, 5.74) is -3.00.